The summed E-state index contributed by atoms with van der Waals surface area (Å²) >= 11 is 0. The molecule has 174 valence electrons. The molecule has 0 fully saturated rings. The van der Waals surface area contributed by atoms with Gasteiger partial charge in [-0.15, -0.1) is 0 Å². The van der Waals surface area contributed by atoms with Crippen LogP contribution in [0.4, 0.5) is 0 Å². The molecule has 0 heterocycles. The number of rotatable bonds is 11. The third-order valence-electron chi connectivity index (χ3n) is 5.12. The highest BCUT2D eigenvalue weighted by molar-refractivity contribution is 5.94. The fourth-order valence-corrected chi connectivity index (χ4v) is 3.04. The van der Waals surface area contributed by atoms with Crippen molar-refractivity contribution < 1.29 is 14.3 Å². The zero-order valence-corrected chi connectivity index (χ0v) is 19.8. The smallest absolute Gasteiger partial charge is 0.251 e. The number of hydrogen-bond donors (Lipinski definition) is 3. The Labute approximate surface area is 191 Å². The van der Waals surface area contributed by atoms with Gasteiger partial charge in [0, 0.05) is 24.7 Å². The van der Waals surface area contributed by atoms with E-state index in [1.54, 1.807) is 14.2 Å². The van der Waals surface area contributed by atoms with Gasteiger partial charge in [-0.2, -0.15) is 0 Å². The van der Waals surface area contributed by atoms with E-state index in [2.05, 4.69) is 27.9 Å². The third kappa shape index (κ3) is 7.80. The van der Waals surface area contributed by atoms with Gasteiger partial charge in [-0.25, -0.2) is 4.99 Å². The number of aliphatic imine (C=N–C) groups is 1. The average molecular weight is 441 g/mol. The van der Waals surface area contributed by atoms with Crippen LogP contribution in [-0.4, -0.2) is 45.2 Å². The number of hydrogen-bond acceptors (Lipinski definition) is 4. The molecule has 0 radical (unpaired) electrons. The molecule has 0 spiro atoms. The van der Waals surface area contributed by atoms with E-state index in [4.69, 9.17) is 9.47 Å². The molecule has 0 aliphatic carbocycles. The summed E-state index contributed by atoms with van der Waals surface area (Å²) in [6.45, 7) is 8.12. The predicted octanol–water partition coefficient (Wildman–Crippen LogP) is 3.53. The molecule has 0 aromatic heterocycles. The maximum Gasteiger partial charge on any atom is 0.251 e. The van der Waals surface area contributed by atoms with Crippen molar-refractivity contribution in [2.75, 3.05) is 27.3 Å². The minimum absolute atomic E-state index is 0.0421. The van der Waals surface area contributed by atoms with Crippen molar-refractivity contribution in [1.29, 1.82) is 0 Å². The predicted molar refractivity (Wildman–Crippen MR) is 130 cm³/mol. The number of methoxy groups -OCH3 is 2. The van der Waals surface area contributed by atoms with Gasteiger partial charge in [0.15, 0.2) is 17.5 Å². The van der Waals surface area contributed by atoms with Crippen LogP contribution in [0, 0.1) is 0 Å². The van der Waals surface area contributed by atoms with E-state index in [0.29, 0.717) is 12.1 Å². The minimum Gasteiger partial charge on any atom is -0.493 e. The van der Waals surface area contributed by atoms with Crippen molar-refractivity contribution >= 4 is 11.9 Å². The quantitative estimate of drug-likeness (QED) is 0.368. The molecule has 1 atom stereocenters. The van der Waals surface area contributed by atoms with Crippen LogP contribution in [0.25, 0.3) is 0 Å². The first kappa shape index (κ1) is 25.0. The van der Waals surface area contributed by atoms with Gasteiger partial charge in [-0.1, -0.05) is 25.1 Å². The van der Waals surface area contributed by atoms with Crippen molar-refractivity contribution in [3.05, 3.63) is 59.2 Å². The van der Waals surface area contributed by atoms with Crippen molar-refractivity contribution in [3.63, 3.8) is 0 Å². The molecule has 2 aromatic rings. The highest BCUT2D eigenvalue weighted by atomic mass is 16.5. The van der Waals surface area contributed by atoms with Gasteiger partial charge in [-0.3, -0.25) is 4.79 Å². The lowest BCUT2D eigenvalue weighted by molar-refractivity contribution is 0.0939. The standard InChI is InChI=1S/C25H36N4O3/c1-6-18(3)29-24(30)21-11-8-20(9-12-21)17-28-25(26-7-2)27-15-14-19-10-13-22(31-4)23(16-19)32-5/h8-13,16,18H,6-7,14-15,17H2,1-5H3,(H,29,30)(H2,26,27,28). The monoisotopic (exact) mass is 440 g/mol. The molecule has 0 saturated carbocycles. The van der Waals surface area contributed by atoms with Crippen LogP contribution in [0.1, 0.15) is 48.7 Å². The summed E-state index contributed by atoms with van der Waals surface area (Å²) in [4.78, 5) is 16.9. The minimum atomic E-state index is -0.0421. The number of carbonyl (C=O) groups excluding carboxylic acids is 1. The maximum atomic E-state index is 12.2. The van der Waals surface area contributed by atoms with Gasteiger partial charge in [0.1, 0.15) is 0 Å². The molecule has 2 aromatic carbocycles. The molecule has 7 nitrogen and oxygen atoms in total. The van der Waals surface area contributed by atoms with Gasteiger partial charge >= 0.3 is 0 Å². The second kappa shape index (κ2) is 13.2. The molecule has 2 rings (SSSR count). The van der Waals surface area contributed by atoms with Crippen LogP contribution in [0.15, 0.2) is 47.5 Å². The molecule has 0 bridgehead atoms. The first-order valence-corrected chi connectivity index (χ1v) is 11.1. The first-order valence-electron chi connectivity index (χ1n) is 11.1. The Kier molecular flexibility index (Phi) is 10.4. The van der Waals surface area contributed by atoms with Crippen LogP contribution >= 0.6 is 0 Å². The summed E-state index contributed by atoms with van der Waals surface area (Å²) < 4.78 is 10.7. The van der Waals surface area contributed by atoms with Crippen molar-refractivity contribution in [3.8, 4) is 11.5 Å². The number of benzene rings is 2. The van der Waals surface area contributed by atoms with Crippen LogP contribution in [0.2, 0.25) is 0 Å². The van der Waals surface area contributed by atoms with E-state index >= 15 is 0 Å². The summed E-state index contributed by atoms with van der Waals surface area (Å²) in [5.41, 5.74) is 2.86. The van der Waals surface area contributed by atoms with E-state index in [1.165, 1.54) is 0 Å². The fourth-order valence-electron chi connectivity index (χ4n) is 3.04. The summed E-state index contributed by atoms with van der Waals surface area (Å²) in [5, 5.41) is 9.61. The first-order chi connectivity index (χ1) is 15.5. The van der Waals surface area contributed by atoms with Crippen LogP contribution in [-0.2, 0) is 13.0 Å². The number of ether oxygens (including phenoxy) is 2. The van der Waals surface area contributed by atoms with Crippen LogP contribution < -0.4 is 25.4 Å². The second-order valence-corrected chi connectivity index (χ2v) is 7.54. The summed E-state index contributed by atoms with van der Waals surface area (Å²) in [5.74, 6) is 2.17. The zero-order valence-electron chi connectivity index (χ0n) is 19.8. The summed E-state index contributed by atoms with van der Waals surface area (Å²) in [7, 11) is 3.27. The van der Waals surface area contributed by atoms with Gasteiger partial charge in [-0.05, 0) is 62.1 Å². The van der Waals surface area contributed by atoms with E-state index in [0.717, 1.165) is 54.5 Å². The maximum absolute atomic E-state index is 12.2. The average Bonchev–Trinajstić information content (AvgIpc) is 2.82. The van der Waals surface area contributed by atoms with E-state index < -0.39 is 0 Å². The molecule has 3 N–H and O–H groups in total. The van der Waals surface area contributed by atoms with E-state index in [1.807, 2.05) is 56.3 Å². The van der Waals surface area contributed by atoms with Gasteiger partial charge in [0.05, 0.1) is 20.8 Å². The molecule has 32 heavy (non-hydrogen) atoms. The highest BCUT2D eigenvalue weighted by Crippen LogP contribution is 2.27. The Balaban J connectivity index is 1.91. The van der Waals surface area contributed by atoms with Crippen molar-refractivity contribution in [2.45, 2.75) is 46.2 Å². The summed E-state index contributed by atoms with van der Waals surface area (Å²) in [6.07, 6.45) is 1.73. The van der Waals surface area contributed by atoms with E-state index in [9.17, 15) is 4.79 Å². The number of nitrogens with zero attached hydrogens (tertiary/aromatic N) is 1. The Morgan fingerprint density at radius 1 is 0.969 bits per heavy atom. The number of nitrogens with one attached hydrogen (secondary N) is 3. The SMILES string of the molecule is CCNC(=NCc1ccc(C(=O)NC(C)CC)cc1)NCCc1ccc(OC)c(OC)c1. The topological polar surface area (TPSA) is 84.0 Å². The van der Waals surface area contributed by atoms with E-state index in [-0.39, 0.29) is 11.9 Å². The molecule has 0 aliphatic rings. The molecule has 0 saturated heterocycles. The Morgan fingerprint density at radius 2 is 1.66 bits per heavy atom. The van der Waals surface area contributed by atoms with Crippen LogP contribution in [0.5, 0.6) is 11.5 Å². The van der Waals surface area contributed by atoms with Gasteiger partial charge in [0.2, 0.25) is 0 Å². The Morgan fingerprint density at radius 3 is 2.28 bits per heavy atom. The second-order valence-electron chi connectivity index (χ2n) is 7.54. The molecular formula is C25H36N4O3. The molecule has 0 aliphatic heterocycles. The zero-order chi connectivity index (χ0) is 23.3. The Bertz CT molecular complexity index is 881. The normalized spacial score (nSPS) is 12.1. The molecule has 1 amide bonds. The van der Waals surface area contributed by atoms with Crippen molar-refractivity contribution in [1.82, 2.24) is 16.0 Å². The molecular weight excluding hydrogens is 404 g/mol. The lowest BCUT2D eigenvalue weighted by Crippen LogP contribution is -2.38. The number of guanidine groups is 1. The highest BCUT2D eigenvalue weighted by Gasteiger charge is 2.08. The molecule has 7 heteroatoms. The van der Waals surface area contributed by atoms with Crippen LogP contribution in [0.3, 0.4) is 0 Å². The summed E-state index contributed by atoms with van der Waals surface area (Å²) in [6, 6.07) is 13.7. The van der Waals surface area contributed by atoms with Gasteiger partial charge in [0.25, 0.3) is 5.91 Å². The number of amides is 1. The molecule has 1 unspecified atom stereocenters. The fraction of sp³-hybridized carbons (Fsp3) is 0.440. The lowest BCUT2D eigenvalue weighted by atomic mass is 10.1. The lowest BCUT2D eigenvalue weighted by Gasteiger charge is -2.13. The third-order valence-corrected chi connectivity index (χ3v) is 5.12. The number of carbonyl (C=O) groups is 1. The van der Waals surface area contributed by atoms with Crippen molar-refractivity contribution in [2.24, 2.45) is 4.99 Å². The largest absolute Gasteiger partial charge is 0.493 e. The Hall–Kier alpha value is -3.22. The van der Waals surface area contributed by atoms with Gasteiger partial charge < -0.3 is 25.4 Å².